The minimum Gasteiger partial charge on any atom is -0.379 e. The van der Waals surface area contributed by atoms with Gasteiger partial charge < -0.3 is 10.1 Å². The smallest absolute Gasteiger partial charge is 0.243 e. The topological polar surface area (TPSA) is 58.6 Å². The molecule has 1 N–H and O–H groups in total. The Bertz CT molecular complexity index is 605. The second-order valence-corrected chi connectivity index (χ2v) is 7.70. The van der Waals surface area contributed by atoms with Crippen molar-refractivity contribution < 1.29 is 13.2 Å². The molecule has 3 rings (SSSR count). The van der Waals surface area contributed by atoms with Crippen LogP contribution in [0.4, 0.5) is 0 Å². The summed E-state index contributed by atoms with van der Waals surface area (Å²) in [5.74, 6) is 0. The molecule has 116 valence electrons. The first kappa shape index (κ1) is 15.0. The fourth-order valence-corrected chi connectivity index (χ4v) is 3.94. The molecule has 1 aromatic carbocycles. The van der Waals surface area contributed by atoms with Crippen molar-refractivity contribution >= 4 is 10.0 Å². The monoisotopic (exact) mass is 310 g/mol. The third-order valence-corrected chi connectivity index (χ3v) is 5.98. The van der Waals surface area contributed by atoms with Crippen molar-refractivity contribution in [3.8, 4) is 0 Å². The molecule has 1 saturated heterocycles. The lowest BCUT2D eigenvalue weighted by molar-refractivity contribution is 0.0730. The van der Waals surface area contributed by atoms with Crippen molar-refractivity contribution in [3.63, 3.8) is 0 Å². The highest BCUT2D eigenvalue weighted by Gasteiger charge is 2.27. The van der Waals surface area contributed by atoms with Crippen LogP contribution in [0.1, 0.15) is 24.0 Å². The zero-order valence-electron chi connectivity index (χ0n) is 12.3. The molecule has 1 aliphatic heterocycles. The van der Waals surface area contributed by atoms with E-state index < -0.39 is 10.0 Å². The number of hydrogen-bond acceptors (Lipinski definition) is 4. The van der Waals surface area contributed by atoms with E-state index in [0.29, 0.717) is 37.2 Å². The summed E-state index contributed by atoms with van der Waals surface area (Å²) < 4.78 is 32.0. The van der Waals surface area contributed by atoms with E-state index in [2.05, 4.69) is 5.32 Å². The standard InChI is InChI=1S/C15H22N2O3S/c1-12-2-5-15(10-13(12)11-16-14-3-4-14)21(18,19)17-6-8-20-9-7-17/h2,5,10,14,16H,3-4,6-9,11H2,1H3. The van der Waals surface area contributed by atoms with Crippen molar-refractivity contribution in [1.82, 2.24) is 9.62 Å². The molecule has 2 aliphatic rings. The van der Waals surface area contributed by atoms with E-state index in [1.165, 1.54) is 17.1 Å². The molecule has 0 bridgehead atoms. The molecule has 0 amide bonds. The number of rotatable bonds is 5. The molecule has 0 aromatic heterocycles. The third kappa shape index (κ3) is 3.45. The van der Waals surface area contributed by atoms with E-state index in [-0.39, 0.29) is 0 Å². The van der Waals surface area contributed by atoms with E-state index >= 15 is 0 Å². The zero-order chi connectivity index (χ0) is 14.9. The summed E-state index contributed by atoms with van der Waals surface area (Å²) in [4.78, 5) is 0.391. The van der Waals surface area contributed by atoms with Crippen LogP contribution in [-0.2, 0) is 21.3 Å². The fraction of sp³-hybridized carbons (Fsp3) is 0.600. The van der Waals surface area contributed by atoms with Crippen LogP contribution in [0.15, 0.2) is 23.1 Å². The number of ether oxygens (including phenoxy) is 1. The van der Waals surface area contributed by atoms with Gasteiger partial charge in [-0.1, -0.05) is 6.07 Å². The predicted molar refractivity (Wildman–Crippen MR) is 80.6 cm³/mol. The lowest BCUT2D eigenvalue weighted by Crippen LogP contribution is -2.40. The summed E-state index contributed by atoms with van der Waals surface area (Å²) in [6, 6.07) is 6.04. The summed E-state index contributed by atoms with van der Waals surface area (Å²) in [6.45, 7) is 4.58. The Morgan fingerprint density at radius 3 is 2.67 bits per heavy atom. The largest absolute Gasteiger partial charge is 0.379 e. The number of nitrogens with one attached hydrogen (secondary N) is 1. The number of benzene rings is 1. The van der Waals surface area contributed by atoms with E-state index in [0.717, 1.165) is 17.7 Å². The van der Waals surface area contributed by atoms with Gasteiger partial charge in [0.05, 0.1) is 18.1 Å². The van der Waals surface area contributed by atoms with Crippen molar-refractivity contribution in [2.24, 2.45) is 0 Å². The van der Waals surface area contributed by atoms with Gasteiger partial charge in [0, 0.05) is 25.7 Å². The van der Waals surface area contributed by atoms with Crippen molar-refractivity contribution in [2.75, 3.05) is 26.3 Å². The minimum atomic E-state index is -3.40. The molecular formula is C15H22N2O3S. The molecule has 6 heteroatoms. The molecule has 21 heavy (non-hydrogen) atoms. The maximum Gasteiger partial charge on any atom is 0.243 e. The molecular weight excluding hydrogens is 288 g/mol. The third-order valence-electron chi connectivity index (χ3n) is 4.09. The Morgan fingerprint density at radius 1 is 1.29 bits per heavy atom. The first-order chi connectivity index (χ1) is 10.1. The summed E-state index contributed by atoms with van der Waals surface area (Å²) in [5.41, 5.74) is 2.19. The predicted octanol–water partition coefficient (Wildman–Crippen LogP) is 1.27. The van der Waals surface area contributed by atoms with E-state index in [9.17, 15) is 8.42 Å². The lowest BCUT2D eigenvalue weighted by Gasteiger charge is -2.26. The maximum absolute atomic E-state index is 12.7. The quantitative estimate of drug-likeness (QED) is 0.890. The number of morpholine rings is 1. The zero-order valence-corrected chi connectivity index (χ0v) is 13.2. The van der Waals surface area contributed by atoms with Crippen LogP contribution < -0.4 is 5.32 Å². The number of aryl methyl sites for hydroxylation is 1. The molecule has 0 unspecified atom stereocenters. The second-order valence-electron chi connectivity index (χ2n) is 5.76. The minimum absolute atomic E-state index is 0.391. The van der Waals surface area contributed by atoms with Crippen LogP contribution in [0.2, 0.25) is 0 Å². The van der Waals surface area contributed by atoms with E-state index in [1.807, 2.05) is 19.1 Å². The molecule has 0 radical (unpaired) electrons. The molecule has 1 aromatic rings. The number of nitrogens with zero attached hydrogens (tertiary/aromatic N) is 1. The van der Waals surface area contributed by atoms with Gasteiger partial charge in [0.1, 0.15) is 0 Å². The van der Waals surface area contributed by atoms with Crippen LogP contribution in [-0.4, -0.2) is 45.1 Å². The van der Waals surface area contributed by atoms with E-state index in [1.54, 1.807) is 6.07 Å². The summed E-state index contributed by atoms with van der Waals surface area (Å²) >= 11 is 0. The van der Waals surface area contributed by atoms with Gasteiger partial charge in [-0.15, -0.1) is 0 Å². The normalized spacial score (nSPS) is 20.6. The summed E-state index contributed by atoms with van der Waals surface area (Å²) in [5, 5.41) is 3.44. The van der Waals surface area contributed by atoms with Gasteiger partial charge in [0.25, 0.3) is 0 Å². The van der Waals surface area contributed by atoms with E-state index in [4.69, 9.17) is 4.74 Å². The van der Waals surface area contributed by atoms with Crippen LogP contribution in [0.3, 0.4) is 0 Å². The molecule has 1 aliphatic carbocycles. The summed E-state index contributed by atoms with van der Waals surface area (Å²) in [7, 11) is -3.40. The molecule has 1 saturated carbocycles. The van der Waals surface area contributed by atoms with Crippen LogP contribution >= 0.6 is 0 Å². The van der Waals surface area contributed by atoms with Crippen LogP contribution in [0, 0.1) is 6.92 Å². The van der Waals surface area contributed by atoms with Crippen LogP contribution in [0.25, 0.3) is 0 Å². The Morgan fingerprint density at radius 2 is 2.00 bits per heavy atom. The second kappa shape index (κ2) is 6.04. The molecule has 0 spiro atoms. The fourth-order valence-electron chi connectivity index (χ4n) is 2.48. The number of sulfonamides is 1. The Labute approximate surface area is 126 Å². The van der Waals surface area contributed by atoms with Gasteiger partial charge in [0.15, 0.2) is 0 Å². The first-order valence-electron chi connectivity index (χ1n) is 7.48. The maximum atomic E-state index is 12.7. The lowest BCUT2D eigenvalue weighted by atomic mass is 10.1. The molecule has 2 fully saturated rings. The Hall–Kier alpha value is -0.950. The Balaban J connectivity index is 1.81. The highest BCUT2D eigenvalue weighted by atomic mass is 32.2. The summed E-state index contributed by atoms with van der Waals surface area (Å²) in [6.07, 6.45) is 2.45. The van der Waals surface area contributed by atoms with Crippen molar-refractivity contribution in [2.45, 2.75) is 37.2 Å². The first-order valence-corrected chi connectivity index (χ1v) is 8.92. The van der Waals surface area contributed by atoms with Gasteiger partial charge in [0.2, 0.25) is 10.0 Å². The Kier molecular flexibility index (Phi) is 4.31. The highest BCUT2D eigenvalue weighted by molar-refractivity contribution is 7.89. The van der Waals surface area contributed by atoms with Crippen molar-refractivity contribution in [1.29, 1.82) is 0 Å². The van der Waals surface area contributed by atoms with Gasteiger partial charge in [-0.25, -0.2) is 8.42 Å². The van der Waals surface area contributed by atoms with Gasteiger partial charge in [-0.2, -0.15) is 4.31 Å². The van der Waals surface area contributed by atoms with Gasteiger partial charge in [-0.3, -0.25) is 0 Å². The molecule has 1 heterocycles. The average molecular weight is 310 g/mol. The number of hydrogen-bond donors (Lipinski definition) is 1. The van der Waals surface area contributed by atoms with Crippen molar-refractivity contribution in [3.05, 3.63) is 29.3 Å². The molecule has 5 nitrogen and oxygen atoms in total. The SMILES string of the molecule is Cc1ccc(S(=O)(=O)N2CCOCC2)cc1CNC1CC1. The average Bonchev–Trinajstić information content (AvgIpc) is 3.31. The van der Waals surface area contributed by atoms with Gasteiger partial charge in [-0.05, 0) is 43.0 Å². The van der Waals surface area contributed by atoms with Gasteiger partial charge >= 0.3 is 0 Å². The molecule has 0 atom stereocenters. The van der Waals surface area contributed by atoms with Crippen LogP contribution in [0.5, 0.6) is 0 Å². The highest BCUT2D eigenvalue weighted by Crippen LogP contribution is 2.23.